The van der Waals surface area contributed by atoms with Crippen molar-refractivity contribution in [3.8, 4) is 11.4 Å². The van der Waals surface area contributed by atoms with Crippen LogP contribution < -0.4 is 4.90 Å². The Morgan fingerprint density at radius 2 is 1.75 bits per heavy atom. The summed E-state index contributed by atoms with van der Waals surface area (Å²) in [5, 5.41) is 3.41. The molecule has 5 heteroatoms. The van der Waals surface area contributed by atoms with Crippen LogP contribution in [0.5, 0.6) is 0 Å². The first-order chi connectivity index (χ1) is 13.7. The number of aromatic nitrogens is 3. The number of likely N-dealkylation sites (tertiary alicyclic amines) is 1. The van der Waals surface area contributed by atoms with E-state index in [1.165, 1.54) is 43.5 Å². The average molecular weight is 394 g/mol. The number of hydrogen-bond acceptors (Lipinski definition) is 2. The van der Waals surface area contributed by atoms with Crippen molar-refractivity contribution in [1.29, 1.82) is 0 Å². The fourth-order valence-corrected chi connectivity index (χ4v) is 4.31. The molecule has 4 nitrogen and oxygen atoms in total. The summed E-state index contributed by atoms with van der Waals surface area (Å²) in [4.78, 5) is 6.16. The van der Waals surface area contributed by atoms with Crippen LogP contribution in [0.1, 0.15) is 30.9 Å². The van der Waals surface area contributed by atoms with E-state index in [1.54, 1.807) is 4.90 Å². The molecule has 2 aromatic carbocycles. The van der Waals surface area contributed by atoms with Gasteiger partial charge in [0.1, 0.15) is 0 Å². The molecule has 1 fully saturated rings. The van der Waals surface area contributed by atoms with E-state index in [-0.39, 0.29) is 0 Å². The van der Waals surface area contributed by atoms with Crippen LogP contribution in [-0.4, -0.2) is 27.9 Å². The summed E-state index contributed by atoms with van der Waals surface area (Å²) < 4.78 is 2.68. The number of nitrogens with one attached hydrogen (secondary N) is 2. The van der Waals surface area contributed by atoms with Gasteiger partial charge in [0.2, 0.25) is 4.77 Å². The third-order valence-corrected chi connectivity index (χ3v) is 6.19. The summed E-state index contributed by atoms with van der Waals surface area (Å²) in [5.74, 6) is 1.67. The molecule has 0 saturated carbocycles. The number of quaternary nitrogens is 1. The second kappa shape index (κ2) is 8.84. The summed E-state index contributed by atoms with van der Waals surface area (Å²) in [6, 6.07) is 19.4. The molecular formula is C23H29N4S+. The van der Waals surface area contributed by atoms with Crippen molar-refractivity contribution in [2.45, 2.75) is 39.3 Å². The highest BCUT2D eigenvalue weighted by molar-refractivity contribution is 7.71. The normalized spacial score (nSPS) is 19.6. The van der Waals surface area contributed by atoms with Gasteiger partial charge in [-0.05, 0) is 54.9 Å². The van der Waals surface area contributed by atoms with Crippen LogP contribution in [0.4, 0.5) is 0 Å². The summed E-state index contributed by atoms with van der Waals surface area (Å²) in [7, 11) is 0. The minimum absolute atomic E-state index is 0.647. The number of aryl methyl sites for hydroxylation is 1. The number of hydrogen-bond donors (Lipinski definition) is 2. The molecule has 0 radical (unpaired) electrons. The molecule has 1 aromatic heterocycles. The van der Waals surface area contributed by atoms with Crippen LogP contribution in [0, 0.1) is 10.7 Å². The average Bonchev–Trinajstić information content (AvgIpc) is 3.10. The highest BCUT2D eigenvalue weighted by Gasteiger charge is 2.23. The Balaban J connectivity index is 1.35. The van der Waals surface area contributed by atoms with Crippen LogP contribution in [-0.2, 0) is 19.5 Å². The van der Waals surface area contributed by atoms with Crippen molar-refractivity contribution in [3.63, 3.8) is 0 Å². The van der Waals surface area contributed by atoms with E-state index in [0.29, 0.717) is 4.77 Å². The first-order valence-electron chi connectivity index (χ1n) is 10.3. The molecule has 1 aliphatic heterocycles. The Morgan fingerprint density at radius 1 is 1.04 bits per heavy atom. The van der Waals surface area contributed by atoms with E-state index in [9.17, 15) is 0 Å². The Morgan fingerprint density at radius 3 is 2.43 bits per heavy atom. The van der Waals surface area contributed by atoms with Crippen molar-refractivity contribution in [2.75, 3.05) is 13.1 Å². The Labute approximate surface area is 172 Å². The summed E-state index contributed by atoms with van der Waals surface area (Å²) in [5.41, 5.74) is 3.90. The topological polar surface area (TPSA) is 38.0 Å². The molecule has 0 amide bonds. The van der Waals surface area contributed by atoms with Crippen LogP contribution in [0.25, 0.3) is 11.4 Å². The molecule has 3 aromatic rings. The SMILES string of the molecule is CCc1ccc(-c2nc(=S)n(C[NH+]3CCC(Cc4ccccc4)CC3)[nH]2)cc1. The lowest BCUT2D eigenvalue weighted by molar-refractivity contribution is -0.929. The first kappa shape index (κ1) is 19.1. The van der Waals surface area contributed by atoms with Gasteiger partial charge in [0.25, 0.3) is 0 Å². The number of H-pyrrole nitrogens is 1. The molecule has 0 bridgehead atoms. The second-order valence-corrected chi connectivity index (χ2v) is 8.24. The highest BCUT2D eigenvalue weighted by atomic mass is 32.1. The fourth-order valence-electron chi connectivity index (χ4n) is 4.11. The van der Waals surface area contributed by atoms with Crippen molar-refractivity contribution >= 4 is 12.2 Å². The van der Waals surface area contributed by atoms with Gasteiger partial charge in [-0.3, -0.25) is 5.10 Å². The lowest BCUT2D eigenvalue weighted by Crippen LogP contribution is -3.12. The minimum Gasteiger partial charge on any atom is -0.316 e. The molecular weight excluding hydrogens is 364 g/mol. The molecule has 4 rings (SSSR count). The van der Waals surface area contributed by atoms with Crippen LogP contribution in [0.15, 0.2) is 54.6 Å². The van der Waals surface area contributed by atoms with Gasteiger partial charge in [0.05, 0.1) is 13.1 Å². The largest absolute Gasteiger partial charge is 0.316 e. The lowest BCUT2D eigenvalue weighted by atomic mass is 9.90. The zero-order valence-corrected chi connectivity index (χ0v) is 17.3. The van der Waals surface area contributed by atoms with Crippen LogP contribution >= 0.6 is 12.2 Å². The molecule has 28 heavy (non-hydrogen) atoms. The Kier molecular flexibility index (Phi) is 6.03. The predicted molar refractivity (Wildman–Crippen MR) is 116 cm³/mol. The lowest BCUT2D eigenvalue weighted by Gasteiger charge is -2.29. The third kappa shape index (κ3) is 4.59. The van der Waals surface area contributed by atoms with Gasteiger partial charge < -0.3 is 4.90 Å². The smallest absolute Gasteiger partial charge is 0.221 e. The van der Waals surface area contributed by atoms with E-state index in [0.717, 1.165) is 30.4 Å². The zero-order chi connectivity index (χ0) is 19.3. The summed E-state index contributed by atoms with van der Waals surface area (Å²) in [6.45, 7) is 5.43. The van der Waals surface area contributed by atoms with Crippen LogP contribution in [0.3, 0.4) is 0 Å². The van der Waals surface area contributed by atoms with Gasteiger partial charge in [-0.15, -0.1) is 0 Å². The van der Waals surface area contributed by atoms with Crippen LogP contribution in [0.2, 0.25) is 0 Å². The maximum Gasteiger partial charge on any atom is 0.221 e. The van der Waals surface area contributed by atoms with Gasteiger partial charge in [-0.25, -0.2) is 4.68 Å². The number of nitrogens with zero attached hydrogens (tertiary/aromatic N) is 2. The van der Waals surface area contributed by atoms with E-state index in [1.807, 2.05) is 4.68 Å². The summed E-state index contributed by atoms with van der Waals surface area (Å²) >= 11 is 5.51. The standard InChI is InChI=1S/C23H28N4S/c1-2-18-8-10-21(11-9-18)22-24-23(28)27(25-22)17-26-14-12-20(13-15-26)16-19-6-4-3-5-7-19/h3-11,20H,2,12-17H2,1H3,(H,24,25,28)/p+1. The van der Waals surface area contributed by atoms with Crippen molar-refractivity contribution in [3.05, 3.63) is 70.5 Å². The monoisotopic (exact) mass is 393 g/mol. The molecule has 0 atom stereocenters. The van der Waals surface area contributed by atoms with E-state index in [2.05, 4.69) is 71.6 Å². The predicted octanol–water partition coefficient (Wildman–Crippen LogP) is 3.67. The molecule has 0 aliphatic carbocycles. The minimum atomic E-state index is 0.647. The maximum absolute atomic E-state index is 5.51. The number of benzene rings is 2. The summed E-state index contributed by atoms with van der Waals surface area (Å²) in [6.07, 6.45) is 4.80. The fraction of sp³-hybridized carbons (Fsp3) is 0.391. The van der Waals surface area contributed by atoms with Gasteiger partial charge >= 0.3 is 0 Å². The van der Waals surface area contributed by atoms with Crippen molar-refractivity contribution in [1.82, 2.24) is 14.8 Å². The Bertz CT molecular complexity index is 935. The van der Waals surface area contributed by atoms with Gasteiger partial charge in [0, 0.05) is 5.56 Å². The highest BCUT2D eigenvalue weighted by Crippen LogP contribution is 2.17. The molecule has 146 valence electrons. The zero-order valence-electron chi connectivity index (χ0n) is 16.5. The molecule has 0 spiro atoms. The van der Waals surface area contributed by atoms with E-state index in [4.69, 9.17) is 12.2 Å². The second-order valence-electron chi connectivity index (χ2n) is 7.87. The van der Waals surface area contributed by atoms with Gasteiger partial charge in [-0.1, -0.05) is 61.5 Å². The maximum atomic E-state index is 5.51. The first-order valence-corrected chi connectivity index (χ1v) is 10.8. The van der Waals surface area contributed by atoms with Gasteiger partial charge in [0.15, 0.2) is 12.5 Å². The number of aromatic amines is 1. The van der Waals surface area contributed by atoms with Gasteiger partial charge in [-0.2, -0.15) is 4.98 Å². The van der Waals surface area contributed by atoms with E-state index < -0.39 is 0 Å². The third-order valence-electron chi connectivity index (χ3n) is 5.88. The number of piperidine rings is 1. The molecule has 2 heterocycles. The molecule has 2 N–H and O–H groups in total. The Hall–Kier alpha value is -2.24. The number of rotatable bonds is 6. The van der Waals surface area contributed by atoms with E-state index >= 15 is 0 Å². The quantitative estimate of drug-likeness (QED) is 0.627. The van der Waals surface area contributed by atoms with Crippen molar-refractivity contribution < 1.29 is 4.90 Å². The van der Waals surface area contributed by atoms with Crippen molar-refractivity contribution in [2.24, 2.45) is 5.92 Å². The molecule has 0 unspecified atom stereocenters. The molecule has 1 aliphatic rings. The molecule has 1 saturated heterocycles.